The number of unbranched alkanes of at least 4 members (excludes halogenated alkanes) is 13. The molecule has 1 N–H and O–H groups in total. The summed E-state index contributed by atoms with van der Waals surface area (Å²) in [5.41, 5.74) is -0.530. The number of aryl methyl sites for hydroxylation is 1. The van der Waals surface area contributed by atoms with Gasteiger partial charge < -0.3 is 14.0 Å². The van der Waals surface area contributed by atoms with Crippen molar-refractivity contribution in [3.05, 3.63) is 75.1 Å². The van der Waals surface area contributed by atoms with Crippen molar-refractivity contribution in [3.63, 3.8) is 0 Å². The van der Waals surface area contributed by atoms with E-state index >= 15 is 0 Å². The van der Waals surface area contributed by atoms with Crippen molar-refractivity contribution < 1.29 is 23.1 Å². The summed E-state index contributed by atoms with van der Waals surface area (Å²) in [5, 5.41) is 1.78. The molecule has 0 aliphatic rings. The van der Waals surface area contributed by atoms with Crippen LogP contribution in [0.4, 0.5) is 0 Å². The van der Waals surface area contributed by atoms with Crippen LogP contribution >= 0.6 is 7.60 Å². The number of ether oxygens (including phenoxy) is 2. The Bertz CT molecular complexity index is 1480. The predicted octanol–water partition coefficient (Wildman–Crippen LogP) is 9.54. The van der Waals surface area contributed by atoms with Gasteiger partial charge in [-0.1, -0.05) is 127 Å². The minimum absolute atomic E-state index is 0.164. The van der Waals surface area contributed by atoms with Gasteiger partial charge in [0.1, 0.15) is 5.75 Å². The highest BCUT2D eigenvalue weighted by Crippen LogP contribution is 2.50. The van der Waals surface area contributed by atoms with Crippen molar-refractivity contribution in [1.29, 1.82) is 0 Å². The number of fused-ring (bicyclic) bond motifs is 1. The lowest BCUT2D eigenvalue weighted by atomic mass is 10.0. The molecule has 48 heavy (non-hydrogen) atoms. The maximum absolute atomic E-state index is 14.0. The monoisotopic (exact) mass is 686 g/mol. The van der Waals surface area contributed by atoms with Gasteiger partial charge in [-0.05, 0) is 38.1 Å². The Morgan fingerprint density at radius 1 is 0.771 bits per heavy atom. The molecule has 0 saturated carbocycles. The van der Waals surface area contributed by atoms with Crippen LogP contribution in [0.1, 0.15) is 116 Å². The van der Waals surface area contributed by atoms with Crippen LogP contribution in [0.3, 0.4) is 0 Å². The van der Waals surface area contributed by atoms with Crippen LogP contribution in [0.25, 0.3) is 10.8 Å². The maximum Gasteiger partial charge on any atom is 0.404 e. The summed E-state index contributed by atoms with van der Waals surface area (Å²) in [6.07, 6.45) is 19.8. The number of hydrogen-bond donors (Lipinski definition) is 1. The van der Waals surface area contributed by atoms with E-state index in [0.717, 1.165) is 17.2 Å². The molecule has 0 aliphatic heterocycles. The molecule has 9 nitrogen and oxygen atoms in total. The van der Waals surface area contributed by atoms with Gasteiger partial charge in [-0.2, -0.15) is 0 Å². The molecule has 2 aromatic carbocycles. The summed E-state index contributed by atoms with van der Waals surface area (Å²) in [5.74, 6) is 0.453. The van der Waals surface area contributed by atoms with Crippen LogP contribution in [-0.2, 0) is 25.1 Å². The number of benzene rings is 2. The number of aromatic amines is 1. The summed E-state index contributed by atoms with van der Waals surface area (Å²) in [6.45, 7) is 7.25. The molecule has 0 amide bonds. The smallest absolute Gasteiger partial charge is 0.404 e. The normalized spacial score (nSPS) is 13.5. The molecule has 0 saturated heterocycles. The zero-order valence-electron chi connectivity index (χ0n) is 29.6. The summed E-state index contributed by atoms with van der Waals surface area (Å²) < 4.78 is 39.1. The minimum atomic E-state index is -3.75. The Morgan fingerprint density at radius 2 is 1.38 bits per heavy atom. The van der Waals surface area contributed by atoms with Crippen LogP contribution in [0.5, 0.6) is 5.75 Å². The quantitative estimate of drug-likeness (QED) is 0.0628. The summed E-state index contributed by atoms with van der Waals surface area (Å²) in [4.78, 5) is 26.2. The van der Waals surface area contributed by atoms with Crippen molar-refractivity contribution >= 4 is 18.4 Å². The van der Waals surface area contributed by atoms with Crippen LogP contribution in [-0.4, -0.2) is 41.8 Å². The Morgan fingerprint density at radius 3 is 2.06 bits per heavy atom. The number of nitrogens with zero attached hydrogens (tertiary/aromatic N) is 1. The number of aromatic nitrogens is 2. The fraction of sp³-hybridized carbons (Fsp3) is 0.632. The molecule has 0 fully saturated rings. The van der Waals surface area contributed by atoms with Crippen molar-refractivity contribution in [2.45, 2.75) is 130 Å². The lowest BCUT2D eigenvalue weighted by Gasteiger charge is -2.22. The Balaban J connectivity index is 1.36. The molecular weight excluding hydrogens is 627 g/mol. The van der Waals surface area contributed by atoms with Gasteiger partial charge in [0, 0.05) is 30.4 Å². The first-order valence-corrected chi connectivity index (χ1v) is 19.9. The second-order valence-electron chi connectivity index (χ2n) is 12.9. The fourth-order valence-corrected chi connectivity index (χ4v) is 7.17. The standard InChI is InChI=1S/C38H59N2O7P/c1-4-5-6-7-8-9-10-11-12-13-14-15-16-19-26-44-27-21-28-46-48(43,47-36-25-20-23-34-22-17-18-24-35(34)36)31-45-33(3)30-40-29-32(2)37(41)39-38(40)42/h17-18,20,22-25,29,33H,4-16,19,21,26-28,30-31H2,1-3H3,(H,39,41,42). The number of nitrogens with one attached hydrogen (secondary N) is 1. The molecule has 1 aromatic heterocycles. The first kappa shape index (κ1) is 39.7. The fourth-order valence-electron chi connectivity index (χ4n) is 5.68. The van der Waals surface area contributed by atoms with E-state index < -0.39 is 24.9 Å². The molecule has 3 aromatic rings. The van der Waals surface area contributed by atoms with Crippen LogP contribution in [0.15, 0.2) is 58.3 Å². The first-order chi connectivity index (χ1) is 23.3. The molecule has 3 rings (SSSR count). The molecule has 0 radical (unpaired) electrons. The van der Waals surface area contributed by atoms with Gasteiger partial charge in [-0.3, -0.25) is 18.9 Å². The van der Waals surface area contributed by atoms with Gasteiger partial charge in [0.2, 0.25) is 0 Å². The molecule has 2 unspecified atom stereocenters. The zero-order chi connectivity index (χ0) is 34.5. The summed E-state index contributed by atoms with van der Waals surface area (Å²) >= 11 is 0. The maximum atomic E-state index is 14.0. The van der Waals surface area contributed by atoms with Crippen LogP contribution in [0, 0.1) is 6.92 Å². The van der Waals surface area contributed by atoms with E-state index in [4.69, 9.17) is 18.5 Å². The highest BCUT2D eigenvalue weighted by Gasteiger charge is 2.29. The van der Waals surface area contributed by atoms with Crippen LogP contribution < -0.4 is 15.8 Å². The average Bonchev–Trinajstić information content (AvgIpc) is 3.07. The van der Waals surface area contributed by atoms with E-state index in [-0.39, 0.29) is 19.5 Å². The lowest BCUT2D eigenvalue weighted by molar-refractivity contribution is 0.0685. The second kappa shape index (κ2) is 22.8. The molecule has 1 heterocycles. The van der Waals surface area contributed by atoms with Crippen molar-refractivity contribution in [1.82, 2.24) is 9.55 Å². The van der Waals surface area contributed by atoms with Gasteiger partial charge in [0.05, 0.1) is 19.3 Å². The van der Waals surface area contributed by atoms with E-state index in [0.29, 0.717) is 30.9 Å². The minimum Gasteiger partial charge on any atom is -0.422 e. The highest BCUT2D eigenvalue weighted by molar-refractivity contribution is 7.54. The van der Waals surface area contributed by atoms with Gasteiger partial charge in [-0.25, -0.2) is 9.36 Å². The van der Waals surface area contributed by atoms with Crippen molar-refractivity contribution in [2.75, 3.05) is 26.2 Å². The van der Waals surface area contributed by atoms with Gasteiger partial charge in [-0.15, -0.1) is 0 Å². The van der Waals surface area contributed by atoms with Gasteiger partial charge in [0.25, 0.3) is 5.56 Å². The Kier molecular flexibility index (Phi) is 18.9. The third-order valence-corrected chi connectivity index (χ3v) is 10.0. The first-order valence-electron chi connectivity index (χ1n) is 18.2. The summed E-state index contributed by atoms with van der Waals surface area (Å²) in [6, 6.07) is 13.3. The molecule has 0 aliphatic carbocycles. The topological polar surface area (TPSA) is 109 Å². The van der Waals surface area contributed by atoms with Gasteiger partial charge in [0.15, 0.2) is 6.35 Å². The van der Waals surface area contributed by atoms with Crippen molar-refractivity contribution in [2.24, 2.45) is 0 Å². The molecule has 0 spiro atoms. The molecular formula is C38H59N2O7P. The Hall–Kier alpha value is -2.71. The van der Waals surface area contributed by atoms with E-state index in [2.05, 4.69) is 11.9 Å². The predicted molar refractivity (Wildman–Crippen MR) is 195 cm³/mol. The Labute approximate surface area is 287 Å². The number of rotatable bonds is 27. The number of hydrogen-bond acceptors (Lipinski definition) is 7. The third-order valence-electron chi connectivity index (χ3n) is 8.51. The SMILES string of the molecule is CCCCCCCCCCCCCCCCOCCCOP(=O)(COC(C)Cn1cc(C)c(=O)[nH]c1=O)Oc1cccc2ccccc12. The third kappa shape index (κ3) is 15.2. The summed E-state index contributed by atoms with van der Waals surface area (Å²) in [7, 11) is -3.75. The second-order valence-corrected chi connectivity index (χ2v) is 14.8. The molecule has 2 atom stereocenters. The molecule has 268 valence electrons. The van der Waals surface area contributed by atoms with E-state index in [1.54, 1.807) is 19.9 Å². The lowest BCUT2D eigenvalue weighted by Crippen LogP contribution is -2.34. The average molecular weight is 687 g/mol. The molecule has 0 bridgehead atoms. The molecule has 10 heteroatoms. The van der Waals surface area contributed by atoms with Crippen LogP contribution in [0.2, 0.25) is 0 Å². The van der Waals surface area contributed by atoms with E-state index in [9.17, 15) is 14.2 Å². The largest absolute Gasteiger partial charge is 0.422 e. The van der Waals surface area contributed by atoms with E-state index in [1.165, 1.54) is 94.2 Å². The van der Waals surface area contributed by atoms with Crippen molar-refractivity contribution in [3.8, 4) is 5.75 Å². The highest BCUT2D eigenvalue weighted by atomic mass is 31.2. The van der Waals surface area contributed by atoms with E-state index in [1.807, 2.05) is 36.4 Å². The van der Waals surface area contributed by atoms with Gasteiger partial charge >= 0.3 is 13.3 Å². The number of H-pyrrole nitrogens is 1. The zero-order valence-corrected chi connectivity index (χ0v) is 30.5.